The number of amides is 2. The van der Waals surface area contributed by atoms with E-state index in [-0.39, 0.29) is 41.5 Å². The van der Waals surface area contributed by atoms with E-state index in [0.717, 1.165) is 50.5 Å². The molecule has 0 radical (unpaired) electrons. The number of anilines is 2. The molecule has 0 atom stereocenters. The number of methoxy groups -OCH3 is 1. The summed E-state index contributed by atoms with van der Waals surface area (Å²) >= 11 is 0. The molecule has 2 aliphatic heterocycles. The number of rotatable bonds is 7. The molecule has 2 fully saturated rings. The number of carbonyl (C=O) groups is 2. The van der Waals surface area contributed by atoms with E-state index in [2.05, 4.69) is 25.5 Å². The monoisotopic (exact) mass is 594 g/mol. The number of aromatic nitrogens is 2. The van der Waals surface area contributed by atoms with Crippen molar-refractivity contribution in [2.75, 3.05) is 39.6 Å². The maximum absolute atomic E-state index is 14.0. The summed E-state index contributed by atoms with van der Waals surface area (Å²) in [6, 6.07) is 10.2. The van der Waals surface area contributed by atoms with Gasteiger partial charge >= 0.3 is 6.18 Å². The Morgan fingerprint density at radius 3 is 2.56 bits per heavy atom. The summed E-state index contributed by atoms with van der Waals surface area (Å²) in [4.78, 5) is 38.1. The number of hydrogen-bond donors (Lipinski definition) is 2. The lowest BCUT2D eigenvalue weighted by Crippen LogP contribution is -2.43. The molecule has 3 aliphatic rings. The van der Waals surface area contributed by atoms with E-state index >= 15 is 0 Å². The molecule has 1 aliphatic carbocycles. The number of carbonyl (C=O) groups excluding carboxylic acids is 2. The van der Waals surface area contributed by atoms with Crippen LogP contribution in [0.5, 0.6) is 5.75 Å². The molecular formula is C31H33F3N6O3. The van der Waals surface area contributed by atoms with E-state index in [9.17, 15) is 22.8 Å². The number of halogens is 3. The number of nitrogens with zero attached hydrogens (tertiary/aromatic N) is 4. The average Bonchev–Trinajstić information content (AvgIpc) is 3.76. The molecule has 226 valence electrons. The minimum absolute atomic E-state index is 0.0699. The van der Waals surface area contributed by atoms with Gasteiger partial charge in [-0.2, -0.15) is 13.2 Å². The van der Waals surface area contributed by atoms with E-state index in [4.69, 9.17) is 4.74 Å². The van der Waals surface area contributed by atoms with Crippen LogP contribution < -0.4 is 15.4 Å². The molecule has 1 spiro atoms. The molecule has 2 N–H and O–H groups in total. The molecule has 3 heterocycles. The Labute approximate surface area is 247 Å². The maximum Gasteiger partial charge on any atom is 0.419 e. The highest BCUT2D eigenvalue weighted by molar-refractivity contribution is 6.02. The summed E-state index contributed by atoms with van der Waals surface area (Å²) in [6.07, 6.45) is -0.736. The predicted octanol–water partition coefficient (Wildman–Crippen LogP) is 4.74. The van der Waals surface area contributed by atoms with Crippen molar-refractivity contribution >= 4 is 23.5 Å². The standard InChI is InChI=1S/C31H33F3N6O3/c1-39-13-9-20(10-14-39)36-27(41)19-7-8-23(25(16-19)43-3)37-29-35-17-22(31(32,33)34)24(38-29)15-18-5-4-6-21-26(18)28(42)40(2)30(21)11-12-30/h4-8,16-17,20H,9-15H2,1-3H3,(H,36,41)(H,35,37,38). The molecular weight excluding hydrogens is 561 g/mol. The smallest absolute Gasteiger partial charge is 0.419 e. The van der Waals surface area contributed by atoms with Crippen molar-refractivity contribution in [3.8, 4) is 5.75 Å². The van der Waals surface area contributed by atoms with Crippen LogP contribution in [0.2, 0.25) is 0 Å². The molecule has 0 bridgehead atoms. The molecule has 9 nitrogen and oxygen atoms in total. The van der Waals surface area contributed by atoms with Crippen LogP contribution in [0.3, 0.4) is 0 Å². The molecule has 3 aromatic rings. The van der Waals surface area contributed by atoms with E-state index in [1.807, 2.05) is 13.1 Å². The first-order valence-corrected chi connectivity index (χ1v) is 14.3. The molecule has 1 saturated carbocycles. The number of alkyl halides is 3. The van der Waals surface area contributed by atoms with Crippen molar-refractivity contribution in [2.24, 2.45) is 0 Å². The van der Waals surface area contributed by atoms with Crippen LogP contribution in [-0.4, -0.2) is 71.9 Å². The van der Waals surface area contributed by atoms with E-state index in [0.29, 0.717) is 28.1 Å². The topological polar surface area (TPSA) is 99.7 Å². The largest absolute Gasteiger partial charge is 0.495 e. The lowest BCUT2D eigenvalue weighted by atomic mass is 9.94. The second-order valence-electron chi connectivity index (χ2n) is 11.6. The molecule has 2 amide bonds. The molecule has 43 heavy (non-hydrogen) atoms. The summed E-state index contributed by atoms with van der Waals surface area (Å²) in [7, 11) is 5.23. The van der Waals surface area contributed by atoms with Crippen molar-refractivity contribution in [3.63, 3.8) is 0 Å². The zero-order chi connectivity index (χ0) is 30.5. The predicted molar refractivity (Wildman–Crippen MR) is 154 cm³/mol. The first-order chi connectivity index (χ1) is 20.5. The fourth-order valence-electron chi connectivity index (χ4n) is 6.16. The van der Waals surface area contributed by atoms with E-state index in [1.54, 1.807) is 42.3 Å². The quantitative estimate of drug-likeness (QED) is 0.408. The summed E-state index contributed by atoms with van der Waals surface area (Å²) in [5, 5.41) is 6.00. The zero-order valence-electron chi connectivity index (χ0n) is 24.2. The Balaban J connectivity index is 1.26. The third-order valence-corrected chi connectivity index (χ3v) is 8.83. The highest BCUT2D eigenvalue weighted by atomic mass is 19.4. The van der Waals surface area contributed by atoms with Gasteiger partial charge in [0.25, 0.3) is 11.8 Å². The second kappa shape index (κ2) is 10.8. The van der Waals surface area contributed by atoms with Crippen LogP contribution in [0.15, 0.2) is 42.6 Å². The third-order valence-electron chi connectivity index (χ3n) is 8.83. The SMILES string of the molecule is COc1cc(C(=O)NC2CCN(C)CC2)ccc1Nc1ncc(C(F)(F)F)c(Cc2cccc3c2C(=O)N(C)C32CC2)n1. The average molecular weight is 595 g/mol. The Bertz CT molecular complexity index is 1580. The maximum atomic E-state index is 14.0. The molecule has 1 saturated heterocycles. The van der Waals surface area contributed by atoms with Gasteiger partial charge in [0.1, 0.15) is 5.75 Å². The fourth-order valence-corrected chi connectivity index (χ4v) is 6.16. The van der Waals surface area contributed by atoms with Crippen molar-refractivity contribution in [3.05, 3.63) is 76.1 Å². The second-order valence-corrected chi connectivity index (χ2v) is 11.6. The third kappa shape index (κ3) is 5.39. The first-order valence-electron chi connectivity index (χ1n) is 14.3. The summed E-state index contributed by atoms with van der Waals surface area (Å²) < 4.78 is 47.6. The number of nitrogens with one attached hydrogen (secondary N) is 2. The number of ether oxygens (including phenoxy) is 1. The van der Waals surface area contributed by atoms with Crippen LogP contribution in [0.4, 0.5) is 24.8 Å². The van der Waals surface area contributed by atoms with Gasteiger partial charge in [-0.1, -0.05) is 18.2 Å². The molecule has 1 aromatic heterocycles. The van der Waals surface area contributed by atoms with Gasteiger partial charge in [0.05, 0.1) is 29.6 Å². The van der Waals surface area contributed by atoms with Gasteiger partial charge in [-0.25, -0.2) is 9.97 Å². The van der Waals surface area contributed by atoms with Gasteiger partial charge in [-0.3, -0.25) is 9.59 Å². The summed E-state index contributed by atoms with van der Waals surface area (Å²) in [6.45, 7) is 1.82. The van der Waals surface area contributed by atoms with Gasteiger partial charge in [-0.05, 0) is 75.1 Å². The zero-order valence-corrected chi connectivity index (χ0v) is 24.2. The Morgan fingerprint density at radius 2 is 1.88 bits per heavy atom. The number of hydrogen-bond acceptors (Lipinski definition) is 7. The van der Waals surface area contributed by atoms with Gasteiger partial charge in [-0.15, -0.1) is 0 Å². The number of piperidine rings is 1. The molecule has 6 rings (SSSR count). The van der Waals surface area contributed by atoms with E-state index < -0.39 is 11.7 Å². The fraction of sp³-hybridized carbons (Fsp3) is 0.419. The molecule has 12 heteroatoms. The number of fused-ring (bicyclic) bond motifs is 2. The van der Waals surface area contributed by atoms with E-state index in [1.165, 1.54) is 7.11 Å². The molecule has 0 unspecified atom stereocenters. The highest BCUT2D eigenvalue weighted by Crippen LogP contribution is 2.56. The Kier molecular flexibility index (Phi) is 7.27. The van der Waals surface area contributed by atoms with Crippen molar-refractivity contribution < 1.29 is 27.5 Å². The summed E-state index contributed by atoms with van der Waals surface area (Å²) in [5.74, 6) is -0.172. The first kappa shape index (κ1) is 28.9. The minimum atomic E-state index is -4.69. The van der Waals surface area contributed by atoms with Crippen LogP contribution in [-0.2, 0) is 18.1 Å². The van der Waals surface area contributed by atoms with Crippen molar-refractivity contribution in [1.29, 1.82) is 0 Å². The van der Waals surface area contributed by atoms with Gasteiger partial charge in [0.2, 0.25) is 5.95 Å². The van der Waals surface area contributed by atoms with Crippen LogP contribution in [0, 0.1) is 0 Å². The van der Waals surface area contributed by atoms with Crippen molar-refractivity contribution in [1.82, 2.24) is 25.1 Å². The van der Waals surface area contributed by atoms with Crippen LogP contribution in [0.25, 0.3) is 0 Å². The Morgan fingerprint density at radius 1 is 1.14 bits per heavy atom. The van der Waals surface area contributed by atoms with Crippen LogP contribution >= 0.6 is 0 Å². The number of likely N-dealkylation sites (tertiary alicyclic amines) is 1. The highest BCUT2D eigenvalue weighted by Gasteiger charge is 2.56. The lowest BCUT2D eigenvalue weighted by molar-refractivity contribution is -0.138. The summed E-state index contributed by atoms with van der Waals surface area (Å²) in [5.41, 5.74) is 1.03. The normalized spacial score (nSPS) is 18.1. The molecule has 2 aromatic carbocycles. The van der Waals surface area contributed by atoms with Gasteiger partial charge < -0.3 is 25.2 Å². The van der Waals surface area contributed by atoms with Crippen molar-refractivity contribution in [2.45, 2.75) is 49.9 Å². The Hall–Kier alpha value is -4.19. The van der Waals surface area contributed by atoms with Gasteiger partial charge in [0.15, 0.2) is 0 Å². The lowest BCUT2D eigenvalue weighted by Gasteiger charge is -2.29. The minimum Gasteiger partial charge on any atom is -0.495 e. The number of benzene rings is 2. The van der Waals surface area contributed by atoms with Crippen LogP contribution in [0.1, 0.15) is 68.8 Å². The van der Waals surface area contributed by atoms with Gasteiger partial charge in [0, 0.05) is 36.8 Å².